The van der Waals surface area contributed by atoms with E-state index in [0.717, 1.165) is 49.7 Å². The van der Waals surface area contributed by atoms with Crippen molar-refractivity contribution in [2.24, 2.45) is 5.92 Å². The second-order valence-corrected chi connectivity index (χ2v) is 5.04. The molecule has 0 radical (unpaired) electrons. The zero-order chi connectivity index (χ0) is 13.9. The molecule has 0 N–H and O–H groups in total. The first-order valence-corrected chi connectivity index (χ1v) is 6.80. The minimum Gasteiger partial charge on any atom is -0.356 e. The highest BCUT2D eigenvalue weighted by Crippen LogP contribution is 2.21. The van der Waals surface area contributed by atoms with Crippen molar-refractivity contribution in [1.82, 2.24) is 19.5 Å². The third-order valence-corrected chi connectivity index (χ3v) is 3.77. The third kappa shape index (κ3) is 2.41. The van der Waals surface area contributed by atoms with Crippen molar-refractivity contribution >= 4 is 12.1 Å². The predicted octanol–water partition coefficient (Wildman–Crippen LogP) is 1.39. The molecule has 0 amide bonds. The van der Waals surface area contributed by atoms with Gasteiger partial charge < -0.3 is 9.69 Å². The monoisotopic (exact) mass is 271 g/mol. The molecule has 3 heterocycles. The van der Waals surface area contributed by atoms with Crippen LogP contribution in [0.15, 0.2) is 24.8 Å². The topological polar surface area (TPSA) is 63.9 Å². The Kier molecular flexibility index (Phi) is 3.45. The van der Waals surface area contributed by atoms with Gasteiger partial charge in [-0.05, 0) is 19.8 Å². The van der Waals surface area contributed by atoms with Gasteiger partial charge in [0.2, 0.25) is 0 Å². The molecule has 0 aromatic carbocycles. The number of hydrogen-bond acceptors (Lipinski definition) is 5. The molecule has 0 aliphatic carbocycles. The van der Waals surface area contributed by atoms with Crippen molar-refractivity contribution in [2.45, 2.75) is 19.8 Å². The summed E-state index contributed by atoms with van der Waals surface area (Å²) in [4.78, 5) is 25.9. The minimum absolute atomic E-state index is 0.198. The van der Waals surface area contributed by atoms with Crippen molar-refractivity contribution in [1.29, 1.82) is 0 Å². The van der Waals surface area contributed by atoms with E-state index in [-0.39, 0.29) is 5.92 Å². The SMILES string of the molecule is Cc1nccn1-c1cc(N2CCC(C=O)CC2)ncn1. The van der Waals surface area contributed by atoms with Crippen LogP contribution >= 0.6 is 0 Å². The Bertz CT molecular complexity index is 601. The van der Waals surface area contributed by atoms with Gasteiger partial charge >= 0.3 is 0 Å². The van der Waals surface area contributed by atoms with E-state index in [1.165, 1.54) is 0 Å². The highest BCUT2D eigenvalue weighted by atomic mass is 16.1. The van der Waals surface area contributed by atoms with E-state index in [1.54, 1.807) is 12.5 Å². The second kappa shape index (κ2) is 5.40. The molecule has 104 valence electrons. The number of piperidine rings is 1. The number of imidazole rings is 1. The molecule has 2 aromatic heterocycles. The van der Waals surface area contributed by atoms with Crippen LogP contribution in [0.3, 0.4) is 0 Å². The maximum Gasteiger partial charge on any atom is 0.143 e. The van der Waals surface area contributed by atoms with E-state index in [2.05, 4.69) is 19.9 Å². The van der Waals surface area contributed by atoms with Crippen molar-refractivity contribution in [2.75, 3.05) is 18.0 Å². The Hall–Kier alpha value is -2.24. The fourth-order valence-electron chi connectivity index (χ4n) is 2.53. The summed E-state index contributed by atoms with van der Waals surface area (Å²) in [6.07, 6.45) is 8.08. The largest absolute Gasteiger partial charge is 0.356 e. The van der Waals surface area contributed by atoms with Gasteiger partial charge in [-0.15, -0.1) is 0 Å². The summed E-state index contributed by atoms with van der Waals surface area (Å²) < 4.78 is 1.93. The number of carbonyl (C=O) groups is 1. The highest BCUT2D eigenvalue weighted by Gasteiger charge is 2.20. The first-order chi connectivity index (χ1) is 9.78. The van der Waals surface area contributed by atoms with E-state index >= 15 is 0 Å². The fourth-order valence-corrected chi connectivity index (χ4v) is 2.53. The zero-order valence-corrected chi connectivity index (χ0v) is 11.4. The molecule has 20 heavy (non-hydrogen) atoms. The lowest BCUT2D eigenvalue weighted by Crippen LogP contribution is -2.34. The average Bonchev–Trinajstić information content (AvgIpc) is 2.94. The van der Waals surface area contributed by atoms with Gasteiger partial charge in [0.25, 0.3) is 0 Å². The minimum atomic E-state index is 0.198. The first-order valence-electron chi connectivity index (χ1n) is 6.80. The van der Waals surface area contributed by atoms with Crippen LogP contribution in [0.4, 0.5) is 5.82 Å². The molecule has 0 unspecified atom stereocenters. The van der Waals surface area contributed by atoms with Gasteiger partial charge in [0.15, 0.2) is 0 Å². The Morgan fingerprint density at radius 3 is 2.60 bits per heavy atom. The van der Waals surface area contributed by atoms with E-state index in [4.69, 9.17) is 0 Å². The molecule has 0 spiro atoms. The molecular weight excluding hydrogens is 254 g/mol. The lowest BCUT2D eigenvalue weighted by Gasteiger charge is -2.30. The number of aldehydes is 1. The molecule has 3 rings (SSSR count). The molecule has 1 aliphatic rings. The molecule has 0 saturated carbocycles. The normalized spacial score (nSPS) is 16.4. The number of carbonyl (C=O) groups excluding carboxylic acids is 1. The van der Waals surface area contributed by atoms with E-state index in [0.29, 0.717) is 0 Å². The van der Waals surface area contributed by atoms with Crippen LogP contribution in [-0.2, 0) is 4.79 Å². The van der Waals surface area contributed by atoms with Crippen LogP contribution < -0.4 is 4.90 Å². The Labute approximate surface area is 117 Å². The highest BCUT2D eigenvalue weighted by molar-refractivity contribution is 5.55. The number of aryl methyl sites for hydroxylation is 1. The summed E-state index contributed by atoms with van der Waals surface area (Å²) in [7, 11) is 0. The van der Waals surface area contributed by atoms with Crippen LogP contribution in [0.5, 0.6) is 0 Å². The summed E-state index contributed by atoms with van der Waals surface area (Å²) in [6.45, 7) is 3.67. The standard InChI is InChI=1S/C14H17N5O/c1-11-15-4-7-19(11)14-8-13(16-10-17-14)18-5-2-12(9-20)3-6-18/h4,7-10,12H,2-3,5-6H2,1H3. The lowest BCUT2D eigenvalue weighted by molar-refractivity contribution is -0.111. The van der Waals surface area contributed by atoms with Gasteiger partial charge in [-0.2, -0.15) is 0 Å². The van der Waals surface area contributed by atoms with Crippen LogP contribution in [0.25, 0.3) is 5.82 Å². The van der Waals surface area contributed by atoms with Gasteiger partial charge in [0.1, 0.15) is 30.1 Å². The quantitative estimate of drug-likeness (QED) is 0.789. The van der Waals surface area contributed by atoms with Crippen molar-refractivity contribution in [3.05, 3.63) is 30.6 Å². The number of aromatic nitrogens is 4. The first kappa shape index (κ1) is 12.8. The van der Waals surface area contributed by atoms with Crippen LogP contribution in [0.1, 0.15) is 18.7 Å². The molecule has 1 aliphatic heterocycles. The lowest BCUT2D eigenvalue weighted by atomic mass is 9.99. The summed E-state index contributed by atoms with van der Waals surface area (Å²) in [5.74, 6) is 2.83. The maximum absolute atomic E-state index is 10.8. The van der Waals surface area contributed by atoms with Crippen LogP contribution in [0.2, 0.25) is 0 Å². The van der Waals surface area contributed by atoms with Gasteiger partial charge in [-0.3, -0.25) is 4.57 Å². The zero-order valence-electron chi connectivity index (χ0n) is 11.4. The molecular formula is C14H17N5O. The number of hydrogen-bond donors (Lipinski definition) is 0. The van der Waals surface area contributed by atoms with Gasteiger partial charge in [0, 0.05) is 37.5 Å². The molecule has 0 atom stereocenters. The van der Waals surface area contributed by atoms with E-state index in [9.17, 15) is 4.79 Å². The number of rotatable bonds is 3. The summed E-state index contributed by atoms with van der Waals surface area (Å²) >= 11 is 0. The van der Waals surface area contributed by atoms with Gasteiger partial charge in [-0.1, -0.05) is 0 Å². The molecule has 6 heteroatoms. The Morgan fingerprint density at radius 2 is 1.95 bits per heavy atom. The number of nitrogens with zero attached hydrogens (tertiary/aromatic N) is 5. The molecule has 2 aromatic rings. The predicted molar refractivity (Wildman–Crippen MR) is 74.9 cm³/mol. The third-order valence-electron chi connectivity index (χ3n) is 3.77. The van der Waals surface area contributed by atoms with E-state index in [1.807, 2.05) is 23.8 Å². The fraction of sp³-hybridized carbons (Fsp3) is 0.429. The van der Waals surface area contributed by atoms with Gasteiger partial charge in [-0.25, -0.2) is 15.0 Å². The maximum atomic E-state index is 10.8. The van der Waals surface area contributed by atoms with Crippen molar-refractivity contribution in [3.63, 3.8) is 0 Å². The average molecular weight is 271 g/mol. The molecule has 1 saturated heterocycles. The van der Waals surface area contributed by atoms with Gasteiger partial charge in [0.05, 0.1) is 0 Å². The molecule has 1 fully saturated rings. The van der Waals surface area contributed by atoms with Crippen molar-refractivity contribution in [3.8, 4) is 5.82 Å². The molecule has 6 nitrogen and oxygen atoms in total. The van der Waals surface area contributed by atoms with Crippen molar-refractivity contribution < 1.29 is 4.79 Å². The number of anilines is 1. The molecule has 0 bridgehead atoms. The summed E-state index contributed by atoms with van der Waals surface area (Å²) in [6, 6.07) is 1.97. The summed E-state index contributed by atoms with van der Waals surface area (Å²) in [5.41, 5.74) is 0. The second-order valence-electron chi connectivity index (χ2n) is 5.04. The van der Waals surface area contributed by atoms with Crippen LogP contribution in [-0.4, -0.2) is 38.9 Å². The van der Waals surface area contributed by atoms with Crippen LogP contribution in [0, 0.1) is 12.8 Å². The Morgan fingerprint density at radius 1 is 1.20 bits per heavy atom. The Balaban J connectivity index is 1.82. The van der Waals surface area contributed by atoms with E-state index < -0.39 is 0 Å². The summed E-state index contributed by atoms with van der Waals surface area (Å²) in [5, 5.41) is 0. The smallest absolute Gasteiger partial charge is 0.143 e.